The molecule has 0 fully saturated rings. The molecule has 1 atom stereocenters. The second-order valence-electron chi connectivity index (χ2n) is 6.92. The molecule has 6 nitrogen and oxygen atoms in total. The molecule has 0 amide bonds. The molecule has 3 aromatic rings. The molecular weight excluding hydrogens is 352 g/mol. The van der Waals surface area contributed by atoms with Crippen molar-refractivity contribution < 1.29 is 9.84 Å². The number of ether oxygens (including phenoxy) is 1. The van der Waals surface area contributed by atoms with Gasteiger partial charge in [0.05, 0.1) is 17.3 Å². The molecule has 0 spiro atoms. The molecule has 1 aromatic carbocycles. The molecule has 0 saturated carbocycles. The molecule has 0 aliphatic rings. The first-order valence-electron chi connectivity index (χ1n) is 8.89. The monoisotopic (exact) mass is 374 g/mol. The van der Waals surface area contributed by atoms with Crippen LogP contribution >= 0.6 is 0 Å². The quantitative estimate of drug-likeness (QED) is 0.707. The van der Waals surface area contributed by atoms with Gasteiger partial charge in [-0.1, -0.05) is 6.07 Å². The van der Waals surface area contributed by atoms with Gasteiger partial charge in [-0.05, 0) is 45.0 Å². The predicted molar refractivity (Wildman–Crippen MR) is 107 cm³/mol. The minimum absolute atomic E-state index is 0.0972. The normalized spacial score (nSPS) is 12.9. The van der Waals surface area contributed by atoms with Crippen molar-refractivity contribution in [1.29, 1.82) is 5.26 Å². The van der Waals surface area contributed by atoms with E-state index >= 15 is 0 Å². The van der Waals surface area contributed by atoms with E-state index in [0.717, 1.165) is 17.0 Å². The zero-order valence-electron chi connectivity index (χ0n) is 16.1. The smallest absolute Gasteiger partial charge is 0.138 e. The van der Waals surface area contributed by atoms with Crippen LogP contribution in [0.1, 0.15) is 29.4 Å². The summed E-state index contributed by atoms with van der Waals surface area (Å²) in [7, 11) is 0. The molecule has 2 heterocycles. The highest BCUT2D eigenvalue weighted by molar-refractivity contribution is 5.69. The number of nitriles is 1. The van der Waals surface area contributed by atoms with E-state index in [2.05, 4.69) is 16.0 Å². The van der Waals surface area contributed by atoms with Crippen LogP contribution in [0.15, 0.2) is 48.7 Å². The van der Waals surface area contributed by atoms with Crippen LogP contribution in [0.2, 0.25) is 0 Å². The molecule has 6 heteroatoms. The average Bonchev–Trinajstić information content (AvgIpc) is 2.67. The van der Waals surface area contributed by atoms with Gasteiger partial charge in [0.1, 0.15) is 17.1 Å². The molecule has 28 heavy (non-hydrogen) atoms. The Labute approximate surface area is 164 Å². The minimum Gasteiger partial charge on any atom is -0.456 e. The Bertz CT molecular complexity index is 1020. The topological polar surface area (TPSA) is 105 Å². The summed E-state index contributed by atoms with van der Waals surface area (Å²) >= 11 is 0. The number of aromatic nitrogens is 2. The number of hydrogen-bond donors (Lipinski definition) is 2. The number of benzene rings is 1. The van der Waals surface area contributed by atoms with Crippen molar-refractivity contribution in [1.82, 2.24) is 9.97 Å². The van der Waals surface area contributed by atoms with Gasteiger partial charge in [-0.2, -0.15) is 5.26 Å². The summed E-state index contributed by atoms with van der Waals surface area (Å²) in [4.78, 5) is 8.82. The van der Waals surface area contributed by atoms with Crippen LogP contribution in [-0.4, -0.2) is 21.6 Å². The summed E-state index contributed by atoms with van der Waals surface area (Å²) in [5.74, 6) is 1.17. The van der Waals surface area contributed by atoms with Gasteiger partial charge in [0.25, 0.3) is 0 Å². The Hall–Kier alpha value is -3.27. The third-order valence-corrected chi connectivity index (χ3v) is 4.45. The standard InChI is InChI=1S/C22H22N4O2/c1-14-8-18(9-15(2)26-14)28-21-10-16(11-23)4-6-19(21)20-7-5-17(12-25-20)22(3,27)13-24/h4-10,12,27H,13,24H2,1-3H3. The molecule has 3 N–H and O–H groups in total. The Kier molecular flexibility index (Phi) is 5.41. The predicted octanol–water partition coefficient (Wildman–Crippen LogP) is 3.59. The van der Waals surface area contributed by atoms with Gasteiger partial charge in [0.2, 0.25) is 0 Å². The van der Waals surface area contributed by atoms with Gasteiger partial charge in [-0.15, -0.1) is 0 Å². The molecule has 0 bridgehead atoms. The number of nitrogens with two attached hydrogens (primary N) is 1. The minimum atomic E-state index is -1.14. The van der Waals surface area contributed by atoms with Gasteiger partial charge in [-0.3, -0.25) is 9.97 Å². The first-order chi connectivity index (χ1) is 13.3. The maximum Gasteiger partial charge on any atom is 0.138 e. The van der Waals surface area contributed by atoms with Gasteiger partial charge >= 0.3 is 0 Å². The first kappa shape index (κ1) is 19.5. The maximum atomic E-state index is 10.3. The highest BCUT2D eigenvalue weighted by atomic mass is 16.5. The third kappa shape index (κ3) is 4.17. The fraction of sp³-hybridized carbons (Fsp3) is 0.227. The van der Waals surface area contributed by atoms with E-state index in [1.807, 2.05) is 26.0 Å². The molecular formula is C22H22N4O2. The fourth-order valence-electron chi connectivity index (χ4n) is 2.86. The van der Waals surface area contributed by atoms with Gasteiger partial charge < -0.3 is 15.6 Å². The summed E-state index contributed by atoms with van der Waals surface area (Å²) < 4.78 is 6.09. The highest BCUT2D eigenvalue weighted by Crippen LogP contribution is 2.34. The van der Waals surface area contributed by atoms with Crippen LogP contribution in [-0.2, 0) is 5.60 Å². The van der Waals surface area contributed by atoms with Crippen LogP contribution in [0.3, 0.4) is 0 Å². The lowest BCUT2D eigenvalue weighted by atomic mass is 9.97. The molecule has 2 aromatic heterocycles. The van der Waals surface area contributed by atoms with E-state index in [0.29, 0.717) is 28.3 Å². The first-order valence-corrected chi connectivity index (χ1v) is 8.89. The van der Waals surface area contributed by atoms with Gasteiger partial charge in [-0.25, -0.2) is 0 Å². The lowest BCUT2D eigenvalue weighted by Gasteiger charge is -2.21. The third-order valence-electron chi connectivity index (χ3n) is 4.45. The van der Waals surface area contributed by atoms with E-state index < -0.39 is 5.60 Å². The number of pyridine rings is 2. The van der Waals surface area contributed by atoms with E-state index in [1.165, 1.54) is 0 Å². The van der Waals surface area contributed by atoms with E-state index in [-0.39, 0.29) is 6.54 Å². The highest BCUT2D eigenvalue weighted by Gasteiger charge is 2.21. The summed E-state index contributed by atoms with van der Waals surface area (Å²) in [6, 6.07) is 14.6. The van der Waals surface area contributed by atoms with E-state index in [1.54, 1.807) is 43.5 Å². The van der Waals surface area contributed by atoms with E-state index in [4.69, 9.17) is 10.5 Å². The van der Waals surface area contributed by atoms with Gasteiger partial charge in [0.15, 0.2) is 0 Å². The van der Waals surface area contributed by atoms with Crippen LogP contribution in [0, 0.1) is 25.2 Å². The molecule has 0 radical (unpaired) electrons. The van der Waals surface area contributed by atoms with Crippen molar-refractivity contribution in [3.63, 3.8) is 0 Å². The summed E-state index contributed by atoms with van der Waals surface area (Å²) in [5, 5.41) is 19.6. The molecule has 0 aliphatic heterocycles. The molecule has 0 saturated heterocycles. The molecule has 3 rings (SSSR count). The zero-order valence-corrected chi connectivity index (χ0v) is 16.1. The number of nitrogens with zero attached hydrogens (tertiary/aromatic N) is 3. The maximum absolute atomic E-state index is 10.3. The van der Waals surface area contributed by atoms with Crippen molar-refractivity contribution in [2.75, 3.05) is 6.54 Å². The van der Waals surface area contributed by atoms with Crippen LogP contribution in [0.5, 0.6) is 11.5 Å². The van der Waals surface area contributed by atoms with Crippen molar-refractivity contribution in [3.8, 4) is 28.8 Å². The fourth-order valence-corrected chi connectivity index (χ4v) is 2.86. The van der Waals surface area contributed by atoms with Gasteiger partial charge in [0, 0.05) is 47.4 Å². The Balaban J connectivity index is 2.03. The number of aliphatic hydroxyl groups is 1. The molecule has 1 unspecified atom stereocenters. The lowest BCUT2D eigenvalue weighted by Crippen LogP contribution is -2.31. The Morgan fingerprint density at radius 1 is 1.14 bits per heavy atom. The van der Waals surface area contributed by atoms with Crippen molar-refractivity contribution in [3.05, 3.63) is 71.2 Å². The average molecular weight is 374 g/mol. The zero-order chi connectivity index (χ0) is 20.3. The molecule has 142 valence electrons. The number of rotatable bonds is 5. The second-order valence-corrected chi connectivity index (χ2v) is 6.92. The SMILES string of the molecule is Cc1cc(Oc2cc(C#N)ccc2-c2ccc(C(C)(O)CN)cn2)cc(C)n1. The van der Waals surface area contributed by atoms with Crippen LogP contribution in [0.25, 0.3) is 11.3 Å². The van der Waals surface area contributed by atoms with Crippen molar-refractivity contribution in [2.45, 2.75) is 26.4 Å². The summed E-state index contributed by atoms with van der Waals surface area (Å²) in [6.07, 6.45) is 1.60. The Morgan fingerprint density at radius 3 is 2.43 bits per heavy atom. The van der Waals surface area contributed by atoms with Crippen LogP contribution in [0.4, 0.5) is 0 Å². The van der Waals surface area contributed by atoms with Crippen LogP contribution < -0.4 is 10.5 Å². The summed E-state index contributed by atoms with van der Waals surface area (Å²) in [5.41, 5.74) is 8.71. The van der Waals surface area contributed by atoms with E-state index in [9.17, 15) is 10.4 Å². The van der Waals surface area contributed by atoms with Crippen molar-refractivity contribution in [2.24, 2.45) is 5.73 Å². The number of hydrogen-bond acceptors (Lipinski definition) is 6. The summed E-state index contributed by atoms with van der Waals surface area (Å²) in [6.45, 7) is 5.54. The van der Waals surface area contributed by atoms with Crippen molar-refractivity contribution >= 4 is 0 Å². The largest absolute Gasteiger partial charge is 0.456 e. The number of aryl methyl sites for hydroxylation is 2. The Morgan fingerprint density at radius 2 is 1.86 bits per heavy atom. The lowest BCUT2D eigenvalue weighted by molar-refractivity contribution is 0.0665. The second kappa shape index (κ2) is 7.77. The molecule has 0 aliphatic carbocycles.